The first kappa shape index (κ1) is 18.2. The van der Waals surface area contributed by atoms with Gasteiger partial charge < -0.3 is 14.5 Å². The summed E-state index contributed by atoms with van der Waals surface area (Å²) in [5.41, 5.74) is 0.989. The predicted molar refractivity (Wildman–Crippen MR) is 90.5 cm³/mol. The van der Waals surface area contributed by atoms with E-state index >= 15 is 0 Å². The number of esters is 1. The maximum Gasteiger partial charge on any atom is 0.342 e. The van der Waals surface area contributed by atoms with Crippen LogP contribution in [-0.2, 0) is 9.53 Å². The second-order valence-corrected chi connectivity index (χ2v) is 6.29. The van der Waals surface area contributed by atoms with Crippen molar-refractivity contribution in [1.29, 1.82) is 0 Å². The van der Waals surface area contributed by atoms with Gasteiger partial charge in [0.2, 0.25) is 0 Å². The van der Waals surface area contributed by atoms with Gasteiger partial charge in [0.1, 0.15) is 22.9 Å². The lowest BCUT2D eigenvalue weighted by atomic mass is 10.1. The standard InChI is InChI=1S/C17H17BrFNO4/c1-8-9(2)23-10(3)15(8)17(22)24-11(4)16(21)20-14-6-5-12(18)7-13(14)19/h5-7,11H,1-4H3,(H,20,21)/t11-/m0/s1. The molecule has 0 unspecified atom stereocenters. The van der Waals surface area contributed by atoms with Crippen molar-refractivity contribution in [1.82, 2.24) is 0 Å². The number of hydrogen-bond donors (Lipinski definition) is 1. The lowest BCUT2D eigenvalue weighted by Gasteiger charge is -2.14. The van der Waals surface area contributed by atoms with Gasteiger partial charge in [-0.05, 0) is 45.9 Å². The van der Waals surface area contributed by atoms with Crippen molar-refractivity contribution in [2.24, 2.45) is 0 Å². The van der Waals surface area contributed by atoms with Gasteiger partial charge in [-0.3, -0.25) is 4.79 Å². The van der Waals surface area contributed by atoms with Crippen LogP contribution >= 0.6 is 15.9 Å². The van der Waals surface area contributed by atoms with Crippen molar-refractivity contribution in [3.8, 4) is 0 Å². The summed E-state index contributed by atoms with van der Waals surface area (Å²) in [6, 6.07) is 4.24. The molecule has 24 heavy (non-hydrogen) atoms. The Hall–Kier alpha value is -2.15. The molecule has 2 aromatic rings. The second-order valence-electron chi connectivity index (χ2n) is 5.38. The number of carbonyl (C=O) groups excluding carboxylic acids is 2. The number of anilines is 1. The lowest BCUT2D eigenvalue weighted by molar-refractivity contribution is -0.123. The van der Waals surface area contributed by atoms with Gasteiger partial charge in [-0.15, -0.1) is 0 Å². The molecule has 0 aliphatic rings. The number of aryl methyl sites for hydroxylation is 2. The number of carbonyl (C=O) groups is 2. The largest absolute Gasteiger partial charge is 0.465 e. The van der Waals surface area contributed by atoms with E-state index in [9.17, 15) is 14.0 Å². The van der Waals surface area contributed by atoms with Crippen LogP contribution in [0.2, 0.25) is 0 Å². The fraction of sp³-hybridized carbons (Fsp3) is 0.294. The first-order chi connectivity index (χ1) is 11.2. The van der Waals surface area contributed by atoms with E-state index in [1.54, 1.807) is 26.8 Å². The van der Waals surface area contributed by atoms with Crippen molar-refractivity contribution >= 4 is 33.5 Å². The third-order valence-corrected chi connectivity index (χ3v) is 4.10. The molecule has 0 bridgehead atoms. The van der Waals surface area contributed by atoms with E-state index in [1.165, 1.54) is 19.1 Å². The number of amides is 1. The molecule has 0 radical (unpaired) electrons. The van der Waals surface area contributed by atoms with E-state index < -0.39 is 23.8 Å². The fourth-order valence-electron chi connectivity index (χ4n) is 2.19. The van der Waals surface area contributed by atoms with Crippen LogP contribution in [0, 0.1) is 26.6 Å². The van der Waals surface area contributed by atoms with Gasteiger partial charge in [0.15, 0.2) is 6.10 Å². The van der Waals surface area contributed by atoms with Crippen LogP contribution in [0.4, 0.5) is 10.1 Å². The van der Waals surface area contributed by atoms with Crippen molar-refractivity contribution < 1.29 is 23.1 Å². The highest BCUT2D eigenvalue weighted by atomic mass is 79.9. The van der Waals surface area contributed by atoms with Crippen LogP contribution < -0.4 is 5.32 Å². The molecule has 0 fully saturated rings. The summed E-state index contributed by atoms with van der Waals surface area (Å²) in [7, 11) is 0. The monoisotopic (exact) mass is 397 g/mol. The van der Waals surface area contributed by atoms with E-state index in [4.69, 9.17) is 9.15 Å². The molecule has 2 rings (SSSR count). The lowest BCUT2D eigenvalue weighted by Crippen LogP contribution is -2.30. The molecule has 1 N–H and O–H groups in total. The number of ether oxygens (including phenoxy) is 1. The number of benzene rings is 1. The molecule has 1 amide bonds. The smallest absolute Gasteiger partial charge is 0.342 e. The minimum atomic E-state index is -1.09. The van der Waals surface area contributed by atoms with Crippen molar-refractivity contribution in [2.45, 2.75) is 33.8 Å². The van der Waals surface area contributed by atoms with Crippen LogP contribution in [0.15, 0.2) is 27.1 Å². The summed E-state index contributed by atoms with van der Waals surface area (Å²) in [5, 5.41) is 2.39. The average Bonchev–Trinajstić information content (AvgIpc) is 2.74. The highest BCUT2D eigenvalue weighted by Gasteiger charge is 2.25. The molecule has 1 atom stereocenters. The number of halogens is 2. The maximum absolute atomic E-state index is 13.7. The summed E-state index contributed by atoms with van der Waals surface area (Å²) < 4.78 is 24.8. The highest BCUT2D eigenvalue weighted by Crippen LogP contribution is 2.23. The topological polar surface area (TPSA) is 68.5 Å². The number of hydrogen-bond acceptors (Lipinski definition) is 4. The van der Waals surface area contributed by atoms with Gasteiger partial charge in [-0.2, -0.15) is 0 Å². The molecule has 0 saturated carbocycles. The minimum Gasteiger partial charge on any atom is -0.465 e. The van der Waals surface area contributed by atoms with Crippen molar-refractivity contribution in [3.05, 3.63) is 51.1 Å². The Morgan fingerprint density at radius 3 is 2.46 bits per heavy atom. The molecular weight excluding hydrogens is 381 g/mol. The molecule has 5 nitrogen and oxygen atoms in total. The predicted octanol–water partition coefficient (Wildman–Crippen LogP) is 4.29. The van der Waals surface area contributed by atoms with Crippen molar-refractivity contribution in [3.63, 3.8) is 0 Å². The Kier molecular flexibility index (Phi) is 5.43. The zero-order valence-corrected chi connectivity index (χ0v) is 15.3. The fourth-order valence-corrected chi connectivity index (χ4v) is 2.53. The van der Waals surface area contributed by atoms with Gasteiger partial charge in [-0.1, -0.05) is 15.9 Å². The van der Waals surface area contributed by atoms with Gasteiger partial charge >= 0.3 is 5.97 Å². The van der Waals surface area contributed by atoms with Gasteiger partial charge in [0, 0.05) is 10.0 Å². The Balaban J connectivity index is 2.07. The normalized spacial score (nSPS) is 11.9. The average molecular weight is 398 g/mol. The molecule has 0 saturated heterocycles. The summed E-state index contributed by atoms with van der Waals surface area (Å²) in [6.45, 7) is 6.55. The zero-order valence-electron chi connectivity index (χ0n) is 13.7. The third kappa shape index (κ3) is 3.84. The van der Waals surface area contributed by atoms with E-state index in [0.717, 1.165) is 0 Å². The van der Waals surface area contributed by atoms with Crippen LogP contribution in [-0.4, -0.2) is 18.0 Å². The van der Waals surface area contributed by atoms with Crippen LogP contribution in [0.25, 0.3) is 0 Å². The van der Waals surface area contributed by atoms with Gasteiger partial charge in [0.05, 0.1) is 5.69 Å². The van der Waals surface area contributed by atoms with E-state index in [2.05, 4.69) is 21.2 Å². The van der Waals surface area contributed by atoms with Gasteiger partial charge in [-0.25, -0.2) is 9.18 Å². The number of furan rings is 1. The minimum absolute atomic E-state index is 0.0117. The summed E-state index contributed by atoms with van der Waals surface area (Å²) in [4.78, 5) is 24.3. The van der Waals surface area contributed by atoms with Crippen LogP contribution in [0.5, 0.6) is 0 Å². The molecule has 0 spiro atoms. The van der Waals surface area contributed by atoms with E-state index in [-0.39, 0.29) is 5.69 Å². The van der Waals surface area contributed by atoms with Gasteiger partial charge in [0.25, 0.3) is 5.91 Å². The Labute approximate surface area is 147 Å². The molecule has 1 heterocycles. The molecule has 1 aromatic heterocycles. The van der Waals surface area contributed by atoms with Crippen LogP contribution in [0.3, 0.4) is 0 Å². The summed E-state index contributed by atoms with van der Waals surface area (Å²) in [5.74, 6) is -0.815. The Bertz CT molecular complexity index is 800. The third-order valence-electron chi connectivity index (χ3n) is 3.61. The Morgan fingerprint density at radius 2 is 1.92 bits per heavy atom. The second kappa shape index (κ2) is 7.17. The Morgan fingerprint density at radius 1 is 1.25 bits per heavy atom. The van der Waals surface area contributed by atoms with E-state index in [1.807, 2.05) is 0 Å². The molecule has 7 heteroatoms. The first-order valence-corrected chi connectivity index (χ1v) is 8.03. The first-order valence-electron chi connectivity index (χ1n) is 7.24. The quantitative estimate of drug-likeness (QED) is 0.781. The molecule has 0 aliphatic carbocycles. The molecule has 1 aromatic carbocycles. The van der Waals surface area contributed by atoms with Crippen LogP contribution in [0.1, 0.15) is 34.4 Å². The van der Waals surface area contributed by atoms with E-state index in [0.29, 0.717) is 27.1 Å². The zero-order chi connectivity index (χ0) is 18.0. The van der Waals surface area contributed by atoms with Crippen molar-refractivity contribution in [2.75, 3.05) is 5.32 Å². The molecular formula is C17H17BrFNO4. The maximum atomic E-state index is 13.7. The summed E-state index contributed by atoms with van der Waals surface area (Å²) >= 11 is 3.13. The molecule has 0 aliphatic heterocycles. The SMILES string of the molecule is Cc1oc(C)c(C(=O)O[C@@H](C)C(=O)Nc2ccc(Br)cc2F)c1C. The summed E-state index contributed by atoms with van der Waals surface area (Å²) in [6.07, 6.45) is -1.09. The molecule has 128 valence electrons. The number of nitrogens with one attached hydrogen (secondary N) is 1. The highest BCUT2D eigenvalue weighted by molar-refractivity contribution is 9.10. The number of rotatable bonds is 4.